The number of hydrogen-bond donors (Lipinski definition) is 8. The van der Waals surface area contributed by atoms with E-state index in [9.17, 15) is 19.2 Å². The van der Waals surface area contributed by atoms with Crippen molar-refractivity contribution in [2.24, 2.45) is 0 Å². The van der Waals surface area contributed by atoms with Gasteiger partial charge in [0.15, 0.2) is 0 Å². The third-order valence-corrected chi connectivity index (χ3v) is 10.1. The van der Waals surface area contributed by atoms with Gasteiger partial charge >= 0.3 is 137 Å². The minimum absolute atomic E-state index is 0.0321. The van der Waals surface area contributed by atoms with Crippen molar-refractivity contribution in [2.75, 3.05) is 31.2 Å². The van der Waals surface area contributed by atoms with Crippen molar-refractivity contribution in [1.82, 2.24) is 30.8 Å². The van der Waals surface area contributed by atoms with Gasteiger partial charge in [-0.2, -0.15) is 11.8 Å². The third-order valence-electron chi connectivity index (χ3n) is 8.07. The van der Waals surface area contributed by atoms with Crippen molar-refractivity contribution in [1.29, 1.82) is 0 Å². The van der Waals surface area contributed by atoms with Crippen LogP contribution in [-0.4, -0.2) is 91.0 Å². The van der Waals surface area contributed by atoms with Gasteiger partial charge in [0.05, 0.1) is 12.1 Å². The number of nitrogens with one attached hydrogen (secondary N) is 4. The van der Waals surface area contributed by atoms with Crippen LogP contribution in [0.4, 0.5) is 10.6 Å². The maximum atomic E-state index is 12.4. The number of thioether (sulfide) groups is 1. The van der Waals surface area contributed by atoms with Crippen molar-refractivity contribution in [2.45, 2.75) is 93.9 Å². The quantitative estimate of drug-likeness (QED) is 0.0596. The first-order chi connectivity index (χ1) is 22.0. The van der Waals surface area contributed by atoms with E-state index in [2.05, 4.69) is 30.8 Å². The molecule has 0 radical (unpaired) electrons. The third kappa shape index (κ3) is 11.5. The number of nitrogen functional groups attached to an aromatic ring is 1. The first kappa shape index (κ1) is 36.1. The van der Waals surface area contributed by atoms with Crippen molar-refractivity contribution in [3.05, 3.63) is 28.3 Å². The molecule has 5 atom stereocenters. The molecule has 3 fully saturated rings. The summed E-state index contributed by atoms with van der Waals surface area (Å²) in [5.41, 5.74) is 5.77. The summed E-state index contributed by atoms with van der Waals surface area (Å²) >= 11 is 1.88. The van der Waals surface area contributed by atoms with Crippen LogP contribution < -0.4 is 32.7 Å². The molecule has 1 aromatic heterocycles. The molecule has 4 rings (SSSR count). The van der Waals surface area contributed by atoms with E-state index in [4.69, 9.17) is 25.2 Å². The smallest absolute Gasteiger partial charge is 0.356 e. The number of nitrogens with zero attached hydrogens (tertiary/aromatic N) is 2. The maximum absolute atomic E-state index is 12.4. The Morgan fingerprint density at radius 2 is 1.87 bits per heavy atom. The van der Waals surface area contributed by atoms with Gasteiger partial charge in [-0.25, -0.2) is 4.79 Å². The van der Waals surface area contributed by atoms with Crippen LogP contribution in [0.1, 0.15) is 76.0 Å². The fourth-order valence-corrected chi connectivity index (χ4v) is 7.63. The van der Waals surface area contributed by atoms with Crippen LogP contribution >= 0.6 is 19.9 Å². The fraction of sp³-hybridized carbons (Fsp3) is 0.679. The topological polar surface area (TPSA) is 239 Å². The second-order valence-electron chi connectivity index (χ2n) is 11.7. The second-order valence-corrected chi connectivity index (χ2v) is 14.4. The average Bonchev–Trinajstić information content (AvgIpc) is 3.71. The molecule has 1 aromatic rings. The van der Waals surface area contributed by atoms with E-state index < -0.39 is 26.2 Å². The summed E-state index contributed by atoms with van der Waals surface area (Å²) in [5, 5.41) is 12.1. The van der Waals surface area contributed by atoms with E-state index in [0.29, 0.717) is 49.5 Å². The summed E-state index contributed by atoms with van der Waals surface area (Å²) in [4.78, 5) is 79.1. The van der Waals surface area contributed by atoms with E-state index in [-0.39, 0.29) is 48.9 Å². The molecule has 4 heterocycles. The molecule has 18 heteroatoms. The molecular weight excluding hydrogens is 641 g/mol. The number of hydrogen-bond acceptors (Lipinski definition) is 12. The molecule has 0 bridgehead atoms. The molecule has 46 heavy (non-hydrogen) atoms. The predicted octanol–water partition coefficient (Wildman–Crippen LogP) is 0.438. The van der Waals surface area contributed by atoms with Crippen LogP contribution in [0, 0.1) is 0 Å². The van der Waals surface area contributed by atoms with Gasteiger partial charge in [-0.15, -0.1) is 0 Å². The van der Waals surface area contributed by atoms with Gasteiger partial charge in [-0.05, 0) is 25.7 Å². The summed E-state index contributed by atoms with van der Waals surface area (Å²) < 4.78 is 11.7. The second kappa shape index (κ2) is 17.4. The molecule has 4 amide bonds. The van der Waals surface area contributed by atoms with Gasteiger partial charge in [0.1, 0.15) is 0 Å². The van der Waals surface area contributed by atoms with Gasteiger partial charge in [0.2, 0.25) is 11.8 Å². The van der Waals surface area contributed by atoms with Crippen LogP contribution in [-0.2, 0) is 18.8 Å². The Hall–Kier alpha value is -2.79. The number of amides is 4. The number of urea groups is 1. The molecule has 0 spiro atoms. The van der Waals surface area contributed by atoms with E-state index in [1.807, 2.05) is 11.8 Å². The number of carbonyl (C=O) groups is 3. The molecule has 0 aromatic carbocycles. The number of anilines is 1. The summed E-state index contributed by atoms with van der Waals surface area (Å²) in [5.74, 6) is 0.911. The van der Waals surface area contributed by atoms with Gasteiger partial charge in [0.25, 0.3) is 0 Å². The SMILES string of the molecule is Nc1nc(=O)n([C@H]2CC[C@@H](CO[PH](O)(O)O)O2)cc1/C=C\CNC(=O)CCCCCNC(=O)CCCC[C@@H]1SCC2NC(=O)NC21. The fourth-order valence-electron chi connectivity index (χ4n) is 5.67. The van der Waals surface area contributed by atoms with E-state index in [0.717, 1.165) is 37.9 Å². The Bertz CT molecular complexity index is 1290. The Balaban J connectivity index is 1.03. The molecule has 2 unspecified atom stereocenters. The van der Waals surface area contributed by atoms with Crippen molar-refractivity contribution < 1.29 is 38.3 Å². The van der Waals surface area contributed by atoms with Crippen molar-refractivity contribution in [3.63, 3.8) is 0 Å². The number of nitrogens with two attached hydrogens (primary N) is 1. The summed E-state index contributed by atoms with van der Waals surface area (Å²) in [6, 6.07) is 0.340. The molecule has 9 N–H and O–H groups in total. The van der Waals surface area contributed by atoms with E-state index in [1.165, 1.54) is 10.8 Å². The zero-order valence-corrected chi connectivity index (χ0v) is 27.5. The van der Waals surface area contributed by atoms with Crippen molar-refractivity contribution >= 4 is 49.7 Å². The number of rotatable bonds is 18. The van der Waals surface area contributed by atoms with Crippen LogP contribution in [0.2, 0.25) is 0 Å². The standard InChI is InChI=1S/C28H46N7O9PS/c29-26-18(15-35(28(39)34-26)24-12-11-19(44-24)16-43-45(40,41)42)7-6-14-31-22(36)9-2-1-5-13-30-23(37)10-4-3-8-21-25-20(17-46-21)32-27(38)33-25/h6-7,15,19-21,24-25,40-42,45H,1-5,8-14,16-17H2,(H,30,37)(H,31,36)(H2,29,34,39)(H2,32,33,38)/b7-6-/t19-,20?,21-,24+,25?/m0/s1. The van der Waals surface area contributed by atoms with Crippen LogP contribution in [0.15, 0.2) is 17.1 Å². The molecule has 3 aliphatic rings. The zero-order chi connectivity index (χ0) is 33.1. The Kier molecular flexibility index (Phi) is 13.6. The number of fused-ring (bicyclic) bond motifs is 1. The normalized spacial score (nSPS) is 24.5. The van der Waals surface area contributed by atoms with Gasteiger partial charge in [-0.3, -0.25) is 9.59 Å². The van der Waals surface area contributed by atoms with Gasteiger partial charge < -0.3 is 16.0 Å². The van der Waals surface area contributed by atoms with E-state index >= 15 is 0 Å². The molecule has 16 nitrogen and oxygen atoms in total. The minimum atomic E-state index is -4.65. The first-order valence-electron chi connectivity index (χ1n) is 15.7. The van der Waals surface area contributed by atoms with Crippen molar-refractivity contribution in [3.8, 4) is 0 Å². The molecule has 0 saturated carbocycles. The summed E-state index contributed by atoms with van der Waals surface area (Å²) in [7, 11) is -4.65. The Morgan fingerprint density at radius 1 is 1.11 bits per heavy atom. The predicted molar refractivity (Wildman–Crippen MR) is 174 cm³/mol. The molecule has 258 valence electrons. The minimum Gasteiger partial charge on any atom is -0.356 e. The van der Waals surface area contributed by atoms with Crippen LogP contribution in [0.3, 0.4) is 0 Å². The van der Waals surface area contributed by atoms with Crippen LogP contribution in [0.5, 0.6) is 0 Å². The van der Waals surface area contributed by atoms with Gasteiger partial charge in [-0.1, -0.05) is 12.8 Å². The summed E-state index contributed by atoms with van der Waals surface area (Å²) in [6.07, 6.45) is 10.5. The van der Waals surface area contributed by atoms with Crippen LogP contribution in [0.25, 0.3) is 6.08 Å². The molecule has 0 aliphatic carbocycles. The average molecular weight is 688 g/mol. The number of aromatic nitrogens is 2. The Morgan fingerprint density at radius 3 is 2.65 bits per heavy atom. The monoisotopic (exact) mass is 687 g/mol. The Labute approximate surface area is 271 Å². The molecule has 3 aliphatic heterocycles. The first-order valence-corrected chi connectivity index (χ1v) is 18.5. The number of unbranched alkanes of at least 4 members (excludes halogenated alkanes) is 3. The number of ether oxygens (including phenoxy) is 1. The molecule has 3 saturated heterocycles. The summed E-state index contributed by atoms with van der Waals surface area (Å²) in [6.45, 7) is 0.613. The number of carbonyl (C=O) groups excluding carboxylic acids is 3. The molecular formula is C28H46N7O9PS. The van der Waals surface area contributed by atoms with Gasteiger partial charge in [0, 0.05) is 30.4 Å². The zero-order valence-electron chi connectivity index (χ0n) is 25.7. The van der Waals surface area contributed by atoms with E-state index in [1.54, 1.807) is 12.2 Å².